The zero-order chi connectivity index (χ0) is 35.8. The molecule has 0 saturated carbocycles. The highest BCUT2D eigenvalue weighted by atomic mass is 16.5. The first-order chi connectivity index (χ1) is 21.6. The van der Waals surface area contributed by atoms with Crippen LogP contribution in [-0.4, -0.2) is 110 Å². The van der Waals surface area contributed by atoms with E-state index in [0.29, 0.717) is 31.4 Å². The monoisotopic (exact) mass is 654 g/mol. The van der Waals surface area contributed by atoms with Gasteiger partial charge in [-0.25, -0.2) is 0 Å². The van der Waals surface area contributed by atoms with Crippen molar-refractivity contribution in [2.24, 2.45) is 11.8 Å². The zero-order valence-corrected chi connectivity index (χ0v) is 31.1. The van der Waals surface area contributed by atoms with Crippen molar-refractivity contribution in [3.8, 4) is 0 Å². The SMILES string of the molecule is CC(C)C.CC(C)N1CCCCC1.CCC.COC(=O)CNC(=O)[C@@H]1CCCN1C(=O)/C(C)=C/[C@H](C(C)C)N(C)C(=O)CNC=O. The molecule has 11 nitrogen and oxygen atoms in total. The molecule has 0 aromatic heterocycles. The Morgan fingerprint density at radius 1 is 0.913 bits per heavy atom. The predicted octanol–water partition coefficient (Wildman–Crippen LogP) is 4.40. The van der Waals surface area contributed by atoms with Crippen molar-refractivity contribution in [3.63, 3.8) is 0 Å². The lowest BCUT2D eigenvalue weighted by Crippen LogP contribution is -2.48. The van der Waals surface area contributed by atoms with Crippen LogP contribution in [0.5, 0.6) is 0 Å². The van der Waals surface area contributed by atoms with Crippen molar-refractivity contribution in [3.05, 3.63) is 11.6 Å². The minimum atomic E-state index is -0.654. The largest absolute Gasteiger partial charge is 0.468 e. The number of esters is 1. The van der Waals surface area contributed by atoms with Crippen LogP contribution in [0.2, 0.25) is 0 Å². The molecule has 0 aromatic carbocycles. The molecular weight excluding hydrogens is 586 g/mol. The maximum absolute atomic E-state index is 13.0. The van der Waals surface area contributed by atoms with Gasteiger partial charge in [-0.05, 0) is 71.4 Å². The van der Waals surface area contributed by atoms with E-state index in [2.05, 4.69) is 68.7 Å². The van der Waals surface area contributed by atoms with Gasteiger partial charge < -0.3 is 30.1 Å². The first-order valence-electron chi connectivity index (χ1n) is 17.1. The van der Waals surface area contributed by atoms with Crippen LogP contribution >= 0.6 is 0 Å². The van der Waals surface area contributed by atoms with Gasteiger partial charge in [0.25, 0.3) is 0 Å². The van der Waals surface area contributed by atoms with Gasteiger partial charge in [-0.3, -0.25) is 24.0 Å². The van der Waals surface area contributed by atoms with E-state index in [1.165, 1.54) is 55.7 Å². The smallest absolute Gasteiger partial charge is 0.325 e. The number of carbonyl (C=O) groups is 5. The molecule has 2 N–H and O–H groups in total. The molecule has 4 amide bonds. The summed E-state index contributed by atoms with van der Waals surface area (Å²) in [6.45, 7) is 23.5. The molecule has 2 fully saturated rings. The van der Waals surface area contributed by atoms with Gasteiger partial charge in [0.05, 0.1) is 19.7 Å². The van der Waals surface area contributed by atoms with E-state index >= 15 is 0 Å². The third-order valence-corrected chi connectivity index (χ3v) is 7.19. The van der Waals surface area contributed by atoms with E-state index < -0.39 is 17.9 Å². The van der Waals surface area contributed by atoms with E-state index in [4.69, 9.17) is 0 Å². The molecule has 0 unspecified atom stereocenters. The fourth-order valence-electron chi connectivity index (χ4n) is 4.79. The number of amides is 4. The molecule has 46 heavy (non-hydrogen) atoms. The Kier molecular flexibility index (Phi) is 25.7. The molecule has 2 heterocycles. The van der Waals surface area contributed by atoms with Crippen molar-refractivity contribution in [1.29, 1.82) is 0 Å². The Labute approximate surface area is 280 Å². The number of methoxy groups -OCH3 is 1. The lowest BCUT2D eigenvalue weighted by Gasteiger charge is -2.30. The van der Waals surface area contributed by atoms with E-state index in [1.807, 2.05) is 13.8 Å². The summed E-state index contributed by atoms with van der Waals surface area (Å²) in [5.41, 5.74) is 0.421. The number of hydrogen-bond donors (Lipinski definition) is 2. The lowest BCUT2D eigenvalue weighted by molar-refractivity contribution is -0.142. The molecule has 2 atom stereocenters. The lowest BCUT2D eigenvalue weighted by atomic mass is 9.99. The fourth-order valence-corrected chi connectivity index (χ4v) is 4.79. The van der Waals surface area contributed by atoms with Crippen molar-refractivity contribution in [2.45, 2.75) is 126 Å². The number of nitrogens with one attached hydrogen (secondary N) is 2. The predicted molar refractivity (Wildman–Crippen MR) is 186 cm³/mol. The quantitative estimate of drug-likeness (QED) is 0.192. The van der Waals surface area contributed by atoms with Crippen molar-refractivity contribution < 1.29 is 28.7 Å². The highest BCUT2D eigenvalue weighted by molar-refractivity contribution is 5.97. The van der Waals surface area contributed by atoms with E-state index in [-0.39, 0.29) is 36.9 Å². The minimum absolute atomic E-state index is 0.0238. The maximum Gasteiger partial charge on any atom is 0.325 e. The standard InChI is InChI=1S/C20H32N4O6.C8H17N.C4H10.C3H8/c1-13(2)16(23(4)17(26)10-21-12-25)9-14(3)20(29)24-8-6-7-15(24)19(28)22-11-18(27)30-5;1-8(2)9-6-4-3-5-7-9;1-4(2)3;1-3-2/h9,12-13,15-16H,6-8,10-11H2,1-5H3,(H,21,25)(H,22,28);8H,3-7H2,1-2H3;4H,1-3H3;3H2,1-2H3/b14-9+;;;/t15-,16+;;;/m0.../s1. The van der Waals surface area contributed by atoms with Crippen molar-refractivity contribution >= 4 is 30.1 Å². The number of piperidine rings is 1. The van der Waals surface area contributed by atoms with E-state index in [1.54, 1.807) is 20.0 Å². The van der Waals surface area contributed by atoms with Crippen LogP contribution in [0.3, 0.4) is 0 Å². The van der Waals surface area contributed by atoms with Gasteiger partial charge in [-0.15, -0.1) is 0 Å². The molecule has 0 spiro atoms. The maximum atomic E-state index is 13.0. The average Bonchev–Trinajstić information content (AvgIpc) is 3.51. The summed E-state index contributed by atoms with van der Waals surface area (Å²) in [5.74, 6) is -0.670. The highest BCUT2D eigenvalue weighted by Crippen LogP contribution is 2.21. The number of ether oxygens (including phenoxy) is 1. The van der Waals surface area contributed by atoms with Gasteiger partial charge in [0.15, 0.2) is 0 Å². The summed E-state index contributed by atoms with van der Waals surface area (Å²) < 4.78 is 4.51. The number of carbonyl (C=O) groups excluding carboxylic acids is 5. The number of likely N-dealkylation sites (N-methyl/N-ethyl adjacent to an activating group) is 1. The van der Waals surface area contributed by atoms with E-state index in [0.717, 1.165) is 12.0 Å². The molecule has 0 radical (unpaired) electrons. The molecular formula is C35H67N5O6. The molecule has 11 heteroatoms. The number of hydrogen-bond acceptors (Lipinski definition) is 7. The molecule has 268 valence electrons. The minimum Gasteiger partial charge on any atom is -0.468 e. The van der Waals surface area contributed by atoms with Gasteiger partial charge >= 0.3 is 5.97 Å². The summed E-state index contributed by atoms with van der Waals surface area (Å²) in [5, 5.41) is 4.84. The zero-order valence-electron chi connectivity index (χ0n) is 31.1. The molecule has 0 bridgehead atoms. The van der Waals surface area contributed by atoms with Crippen LogP contribution in [0.25, 0.3) is 0 Å². The van der Waals surface area contributed by atoms with Gasteiger partial charge in [-0.2, -0.15) is 0 Å². The van der Waals surface area contributed by atoms with Crippen LogP contribution < -0.4 is 10.6 Å². The van der Waals surface area contributed by atoms with Crippen molar-refractivity contribution in [2.75, 3.05) is 46.9 Å². The molecule has 2 aliphatic rings. The fraction of sp³-hybridized carbons (Fsp3) is 0.800. The van der Waals surface area contributed by atoms with Crippen LogP contribution in [0.1, 0.15) is 108 Å². The molecule has 2 rings (SSSR count). The first kappa shape index (κ1) is 45.2. The Balaban J connectivity index is 0. The highest BCUT2D eigenvalue weighted by Gasteiger charge is 2.35. The first-order valence-corrected chi connectivity index (χ1v) is 17.1. The molecule has 2 aliphatic heterocycles. The number of nitrogens with zero attached hydrogens (tertiary/aromatic N) is 3. The van der Waals surface area contributed by atoms with Gasteiger partial charge in [0.2, 0.25) is 24.1 Å². The Morgan fingerprint density at radius 2 is 1.46 bits per heavy atom. The van der Waals surface area contributed by atoms with Crippen LogP contribution in [0.4, 0.5) is 0 Å². The average molecular weight is 654 g/mol. The van der Waals surface area contributed by atoms with E-state index in [9.17, 15) is 24.0 Å². The topological polar surface area (TPSA) is 128 Å². The second-order valence-electron chi connectivity index (χ2n) is 13.2. The number of likely N-dealkylation sites (tertiary alicyclic amines) is 2. The normalized spacial score (nSPS) is 17.0. The molecule has 2 saturated heterocycles. The summed E-state index contributed by atoms with van der Waals surface area (Å²) in [7, 11) is 2.85. The van der Waals surface area contributed by atoms with Crippen LogP contribution in [0, 0.1) is 11.8 Å². The van der Waals surface area contributed by atoms with Crippen LogP contribution in [0.15, 0.2) is 11.6 Å². The Hall–Kier alpha value is -2.95. The van der Waals surface area contributed by atoms with Crippen LogP contribution in [-0.2, 0) is 28.7 Å². The summed E-state index contributed by atoms with van der Waals surface area (Å²) in [4.78, 5) is 64.9. The van der Waals surface area contributed by atoms with Gasteiger partial charge in [-0.1, -0.05) is 67.4 Å². The Bertz CT molecular complexity index is 912. The summed E-state index contributed by atoms with van der Waals surface area (Å²) in [6.07, 6.45) is 8.89. The second-order valence-corrected chi connectivity index (χ2v) is 13.2. The molecule has 0 aromatic rings. The second kappa shape index (κ2) is 26.2. The molecule has 0 aliphatic carbocycles. The van der Waals surface area contributed by atoms with Crippen molar-refractivity contribution in [1.82, 2.24) is 25.3 Å². The van der Waals surface area contributed by atoms with Gasteiger partial charge in [0.1, 0.15) is 12.6 Å². The summed E-state index contributed by atoms with van der Waals surface area (Å²) in [6, 6.07) is -0.242. The Morgan fingerprint density at radius 3 is 1.89 bits per heavy atom. The third-order valence-electron chi connectivity index (χ3n) is 7.19. The third kappa shape index (κ3) is 19.5. The number of rotatable bonds is 11. The summed E-state index contributed by atoms with van der Waals surface area (Å²) >= 11 is 0. The van der Waals surface area contributed by atoms with Gasteiger partial charge in [0, 0.05) is 25.2 Å².